The van der Waals surface area contributed by atoms with Crippen LogP contribution in [0.15, 0.2) is 12.1 Å². The SMILES string of the molecule is CC(CN1CCCC1)Nc1nc(N)ccc1[N+](=O)[O-]. The molecule has 7 nitrogen and oxygen atoms in total. The maximum absolute atomic E-state index is 10.9. The summed E-state index contributed by atoms with van der Waals surface area (Å²) in [6.45, 7) is 5.04. The molecule has 0 aromatic carbocycles. The molecular formula is C12H19N5O2. The van der Waals surface area contributed by atoms with Crippen molar-refractivity contribution >= 4 is 17.3 Å². The number of nitrogens with zero attached hydrogens (tertiary/aromatic N) is 3. The number of aromatic nitrogens is 1. The molecule has 1 saturated heterocycles. The summed E-state index contributed by atoms with van der Waals surface area (Å²) in [6, 6.07) is 2.91. The predicted molar refractivity (Wildman–Crippen MR) is 74.1 cm³/mol. The first-order chi connectivity index (χ1) is 9.06. The summed E-state index contributed by atoms with van der Waals surface area (Å²) in [5.74, 6) is 0.526. The zero-order chi connectivity index (χ0) is 13.8. The molecule has 0 spiro atoms. The zero-order valence-corrected chi connectivity index (χ0v) is 11.0. The maximum Gasteiger partial charge on any atom is 0.311 e. The molecule has 1 atom stereocenters. The summed E-state index contributed by atoms with van der Waals surface area (Å²) in [5.41, 5.74) is 5.54. The monoisotopic (exact) mass is 265 g/mol. The van der Waals surface area contributed by atoms with Crippen molar-refractivity contribution in [2.75, 3.05) is 30.7 Å². The number of anilines is 2. The first-order valence-electron chi connectivity index (χ1n) is 6.46. The molecule has 19 heavy (non-hydrogen) atoms. The van der Waals surface area contributed by atoms with Gasteiger partial charge in [0.25, 0.3) is 0 Å². The smallest absolute Gasteiger partial charge is 0.311 e. The van der Waals surface area contributed by atoms with Crippen LogP contribution in [-0.2, 0) is 0 Å². The molecule has 0 radical (unpaired) electrons. The Morgan fingerprint density at radius 3 is 2.84 bits per heavy atom. The van der Waals surface area contributed by atoms with Crippen LogP contribution in [0.2, 0.25) is 0 Å². The van der Waals surface area contributed by atoms with Gasteiger partial charge in [-0.2, -0.15) is 0 Å². The number of likely N-dealkylation sites (tertiary alicyclic amines) is 1. The normalized spacial score (nSPS) is 17.3. The first kappa shape index (κ1) is 13.5. The summed E-state index contributed by atoms with van der Waals surface area (Å²) in [7, 11) is 0. The number of pyridine rings is 1. The van der Waals surface area contributed by atoms with E-state index in [-0.39, 0.29) is 23.4 Å². The van der Waals surface area contributed by atoms with Gasteiger partial charge in [-0.3, -0.25) is 10.1 Å². The molecule has 3 N–H and O–H groups in total. The van der Waals surface area contributed by atoms with Gasteiger partial charge < -0.3 is 16.0 Å². The molecule has 2 rings (SSSR count). The molecule has 0 bridgehead atoms. The van der Waals surface area contributed by atoms with E-state index in [1.54, 1.807) is 0 Å². The van der Waals surface area contributed by atoms with Gasteiger partial charge in [-0.05, 0) is 38.9 Å². The minimum Gasteiger partial charge on any atom is -0.384 e. The number of nitrogen functional groups attached to an aromatic ring is 1. The van der Waals surface area contributed by atoms with Crippen LogP contribution in [0.5, 0.6) is 0 Å². The fourth-order valence-corrected chi connectivity index (χ4v) is 2.35. The van der Waals surface area contributed by atoms with Crippen LogP contribution < -0.4 is 11.1 Å². The lowest BCUT2D eigenvalue weighted by Crippen LogP contribution is -2.33. The maximum atomic E-state index is 10.9. The van der Waals surface area contributed by atoms with E-state index < -0.39 is 4.92 Å². The van der Waals surface area contributed by atoms with Crippen molar-refractivity contribution in [3.63, 3.8) is 0 Å². The summed E-state index contributed by atoms with van der Waals surface area (Å²) in [5, 5.41) is 14.0. The van der Waals surface area contributed by atoms with Gasteiger partial charge >= 0.3 is 5.69 Å². The third-order valence-electron chi connectivity index (χ3n) is 3.21. The second kappa shape index (κ2) is 5.83. The Bertz CT molecular complexity index is 459. The van der Waals surface area contributed by atoms with Crippen LogP contribution in [0.25, 0.3) is 0 Å². The number of hydrogen-bond donors (Lipinski definition) is 2. The number of nitrogens with two attached hydrogens (primary N) is 1. The molecule has 1 aliphatic heterocycles. The lowest BCUT2D eigenvalue weighted by Gasteiger charge is -2.21. The number of rotatable bonds is 5. The van der Waals surface area contributed by atoms with Crippen molar-refractivity contribution < 1.29 is 4.92 Å². The molecule has 0 amide bonds. The quantitative estimate of drug-likeness (QED) is 0.618. The molecule has 0 aliphatic carbocycles. The van der Waals surface area contributed by atoms with Crippen LogP contribution in [0, 0.1) is 10.1 Å². The zero-order valence-electron chi connectivity index (χ0n) is 11.0. The van der Waals surface area contributed by atoms with Crippen molar-refractivity contribution in [3.8, 4) is 0 Å². The predicted octanol–water partition coefficient (Wildman–Crippen LogP) is 1.47. The lowest BCUT2D eigenvalue weighted by molar-refractivity contribution is -0.384. The highest BCUT2D eigenvalue weighted by Gasteiger charge is 2.19. The number of nitro groups is 1. The summed E-state index contributed by atoms with van der Waals surface area (Å²) in [6.07, 6.45) is 2.45. The van der Waals surface area contributed by atoms with E-state index in [4.69, 9.17) is 5.73 Å². The van der Waals surface area contributed by atoms with E-state index >= 15 is 0 Å². The Morgan fingerprint density at radius 2 is 2.21 bits per heavy atom. The highest BCUT2D eigenvalue weighted by atomic mass is 16.6. The minimum absolute atomic E-state index is 0.0394. The average molecular weight is 265 g/mol. The van der Waals surface area contributed by atoms with Gasteiger partial charge in [-0.15, -0.1) is 0 Å². The molecule has 1 aliphatic rings. The highest BCUT2D eigenvalue weighted by Crippen LogP contribution is 2.23. The molecular weight excluding hydrogens is 246 g/mol. The molecule has 1 aromatic heterocycles. The Hall–Kier alpha value is -1.89. The van der Waals surface area contributed by atoms with Crippen LogP contribution >= 0.6 is 0 Å². The van der Waals surface area contributed by atoms with Crippen molar-refractivity contribution in [1.29, 1.82) is 0 Å². The van der Waals surface area contributed by atoms with Gasteiger partial charge in [0.05, 0.1) is 4.92 Å². The van der Waals surface area contributed by atoms with Crippen LogP contribution in [-0.4, -0.2) is 40.5 Å². The molecule has 104 valence electrons. The third-order valence-corrected chi connectivity index (χ3v) is 3.21. The topological polar surface area (TPSA) is 97.3 Å². The van der Waals surface area contributed by atoms with Gasteiger partial charge in [-0.25, -0.2) is 4.98 Å². The summed E-state index contributed by atoms with van der Waals surface area (Å²) in [4.78, 5) is 16.8. The van der Waals surface area contributed by atoms with E-state index in [0.717, 1.165) is 19.6 Å². The Kier molecular flexibility index (Phi) is 4.16. The van der Waals surface area contributed by atoms with Crippen molar-refractivity contribution in [2.45, 2.75) is 25.8 Å². The van der Waals surface area contributed by atoms with Crippen LogP contribution in [0.3, 0.4) is 0 Å². The van der Waals surface area contributed by atoms with Crippen molar-refractivity contribution in [1.82, 2.24) is 9.88 Å². The van der Waals surface area contributed by atoms with Crippen LogP contribution in [0.1, 0.15) is 19.8 Å². The Morgan fingerprint density at radius 1 is 1.53 bits per heavy atom. The molecule has 7 heteroatoms. The Labute approximate surface area is 112 Å². The fourth-order valence-electron chi connectivity index (χ4n) is 2.35. The van der Waals surface area contributed by atoms with Gasteiger partial charge in [0.2, 0.25) is 5.82 Å². The molecule has 2 heterocycles. The fraction of sp³-hybridized carbons (Fsp3) is 0.583. The largest absolute Gasteiger partial charge is 0.384 e. The molecule has 0 saturated carbocycles. The second-order valence-corrected chi connectivity index (χ2v) is 4.91. The number of hydrogen-bond acceptors (Lipinski definition) is 6. The average Bonchev–Trinajstić information content (AvgIpc) is 2.81. The van der Waals surface area contributed by atoms with Gasteiger partial charge in [0.15, 0.2) is 0 Å². The third kappa shape index (κ3) is 3.54. The lowest BCUT2D eigenvalue weighted by atomic mass is 10.3. The van der Waals surface area contributed by atoms with E-state index in [2.05, 4.69) is 15.2 Å². The highest BCUT2D eigenvalue weighted by molar-refractivity contribution is 5.59. The van der Waals surface area contributed by atoms with Gasteiger partial charge in [-0.1, -0.05) is 0 Å². The second-order valence-electron chi connectivity index (χ2n) is 4.91. The van der Waals surface area contributed by atoms with E-state index in [1.807, 2.05) is 6.92 Å². The first-order valence-corrected chi connectivity index (χ1v) is 6.46. The van der Waals surface area contributed by atoms with Crippen molar-refractivity contribution in [3.05, 3.63) is 22.2 Å². The standard InChI is InChI=1S/C12H19N5O2/c1-9(8-16-6-2-3-7-16)14-12-10(17(18)19)4-5-11(13)15-12/h4-5,9H,2-3,6-8H2,1H3,(H3,13,14,15). The van der Waals surface area contributed by atoms with Gasteiger partial charge in [0.1, 0.15) is 5.82 Å². The number of nitrogens with one attached hydrogen (secondary N) is 1. The molecule has 1 aromatic rings. The molecule has 1 fully saturated rings. The summed E-state index contributed by atoms with van der Waals surface area (Å²) < 4.78 is 0. The van der Waals surface area contributed by atoms with Gasteiger partial charge in [0, 0.05) is 18.7 Å². The van der Waals surface area contributed by atoms with Crippen LogP contribution in [0.4, 0.5) is 17.3 Å². The Balaban J connectivity index is 2.04. The summed E-state index contributed by atoms with van der Waals surface area (Å²) >= 11 is 0. The van der Waals surface area contributed by atoms with E-state index in [1.165, 1.54) is 25.0 Å². The minimum atomic E-state index is -0.447. The van der Waals surface area contributed by atoms with E-state index in [0.29, 0.717) is 0 Å². The molecule has 1 unspecified atom stereocenters. The van der Waals surface area contributed by atoms with Crippen molar-refractivity contribution in [2.24, 2.45) is 0 Å². The van der Waals surface area contributed by atoms with E-state index in [9.17, 15) is 10.1 Å².